The van der Waals surface area contributed by atoms with Gasteiger partial charge in [-0.3, -0.25) is 9.48 Å². The standard InChI is InChI=1S/C15H20N4O2/c1-11-4-6-12(7-5-11)21-9-8-18(2)15(20)14-13(16)10-17-19(14)3/h4-7,10H,8-9,16H2,1-3H3. The second kappa shape index (κ2) is 6.30. The van der Waals surface area contributed by atoms with Crippen LogP contribution in [-0.2, 0) is 7.05 Å². The summed E-state index contributed by atoms with van der Waals surface area (Å²) in [7, 11) is 3.41. The second-order valence-electron chi connectivity index (χ2n) is 4.96. The van der Waals surface area contributed by atoms with Crippen molar-refractivity contribution in [3.05, 3.63) is 41.7 Å². The molecule has 0 saturated heterocycles. The number of likely N-dealkylation sites (N-methyl/N-ethyl adjacent to an activating group) is 1. The van der Waals surface area contributed by atoms with Gasteiger partial charge in [0, 0.05) is 14.1 Å². The van der Waals surface area contributed by atoms with Crippen LogP contribution in [0.5, 0.6) is 5.75 Å². The van der Waals surface area contributed by atoms with Crippen molar-refractivity contribution in [3.8, 4) is 5.75 Å². The number of benzene rings is 1. The van der Waals surface area contributed by atoms with E-state index in [1.165, 1.54) is 16.4 Å². The van der Waals surface area contributed by atoms with Crippen LogP contribution in [-0.4, -0.2) is 40.8 Å². The van der Waals surface area contributed by atoms with Crippen LogP contribution in [0.2, 0.25) is 0 Å². The van der Waals surface area contributed by atoms with E-state index in [0.29, 0.717) is 24.5 Å². The first-order valence-corrected chi connectivity index (χ1v) is 6.71. The van der Waals surface area contributed by atoms with Crippen molar-refractivity contribution in [3.63, 3.8) is 0 Å². The van der Waals surface area contributed by atoms with Crippen LogP contribution in [0.3, 0.4) is 0 Å². The van der Waals surface area contributed by atoms with Crippen LogP contribution in [0.4, 0.5) is 5.69 Å². The number of anilines is 1. The minimum absolute atomic E-state index is 0.167. The van der Waals surface area contributed by atoms with Gasteiger partial charge in [0.1, 0.15) is 18.1 Å². The van der Waals surface area contributed by atoms with E-state index in [2.05, 4.69) is 5.10 Å². The van der Waals surface area contributed by atoms with Gasteiger partial charge in [0.05, 0.1) is 18.4 Å². The summed E-state index contributed by atoms with van der Waals surface area (Å²) in [5.41, 5.74) is 7.71. The number of rotatable bonds is 5. The number of nitrogen functional groups attached to an aromatic ring is 1. The van der Waals surface area contributed by atoms with Gasteiger partial charge in [-0.05, 0) is 19.1 Å². The Labute approximate surface area is 124 Å². The molecule has 2 aromatic rings. The van der Waals surface area contributed by atoms with Crippen molar-refractivity contribution in [2.75, 3.05) is 25.9 Å². The molecule has 0 aliphatic rings. The number of nitrogens with zero attached hydrogens (tertiary/aromatic N) is 3. The number of nitrogens with two attached hydrogens (primary N) is 1. The SMILES string of the molecule is Cc1ccc(OCCN(C)C(=O)c2c(N)cnn2C)cc1. The largest absolute Gasteiger partial charge is 0.492 e. The maximum atomic E-state index is 12.3. The number of aryl methyl sites for hydroxylation is 2. The van der Waals surface area contributed by atoms with Crippen molar-refractivity contribution in [2.45, 2.75) is 6.92 Å². The quantitative estimate of drug-likeness (QED) is 0.904. The molecule has 1 heterocycles. The lowest BCUT2D eigenvalue weighted by Crippen LogP contribution is -2.32. The Morgan fingerprint density at radius 2 is 2.05 bits per heavy atom. The Balaban J connectivity index is 1.88. The summed E-state index contributed by atoms with van der Waals surface area (Å²) in [6, 6.07) is 7.80. The van der Waals surface area contributed by atoms with Crippen molar-refractivity contribution < 1.29 is 9.53 Å². The summed E-state index contributed by atoms with van der Waals surface area (Å²) in [6.07, 6.45) is 1.48. The Kier molecular flexibility index (Phi) is 4.47. The highest BCUT2D eigenvalue weighted by Gasteiger charge is 2.18. The Morgan fingerprint density at radius 1 is 1.38 bits per heavy atom. The normalized spacial score (nSPS) is 10.4. The lowest BCUT2D eigenvalue weighted by molar-refractivity contribution is 0.0764. The van der Waals surface area contributed by atoms with E-state index in [0.717, 1.165) is 5.75 Å². The van der Waals surface area contributed by atoms with E-state index in [1.807, 2.05) is 31.2 Å². The minimum atomic E-state index is -0.167. The Morgan fingerprint density at radius 3 is 2.62 bits per heavy atom. The summed E-state index contributed by atoms with van der Waals surface area (Å²) in [4.78, 5) is 13.8. The molecular formula is C15H20N4O2. The van der Waals surface area contributed by atoms with Gasteiger partial charge in [-0.15, -0.1) is 0 Å². The van der Waals surface area contributed by atoms with Gasteiger partial charge in [0.2, 0.25) is 0 Å². The van der Waals surface area contributed by atoms with Crippen LogP contribution in [0, 0.1) is 6.92 Å². The van der Waals surface area contributed by atoms with Gasteiger partial charge in [-0.25, -0.2) is 0 Å². The Bertz CT molecular complexity index is 600. The predicted octanol–water partition coefficient (Wildman–Crippen LogP) is 1.46. The molecule has 0 unspecified atom stereocenters. The van der Waals surface area contributed by atoms with E-state index in [9.17, 15) is 4.79 Å². The van der Waals surface area contributed by atoms with Crippen LogP contribution >= 0.6 is 0 Å². The molecule has 21 heavy (non-hydrogen) atoms. The zero-order valence-electron chi connectivity index (χ0n) is 12.5. The van der Waals surface area contributed by atoms with Gasteiger partial charge < -0.3 is 15.4 Å². The van der Waals surface area contributed by atoms with Gasteiger partial charge >= 0.3 is 0 Å². The zero-order valence-corrected chi connectivity index (χ0v) is 12.5. The molecule has 112 valence electrons. The molecule has 6 nitrogen and oxygen atoms in total. The fourth-order valence-corrected chi connectivity index (χ4v) is 1.93. The molecule has 0 spiro atoms. The third kappa shape index (κ3) is 3.53. The van der Waals surface area contributed by atoms with Gasteiger partial charge in [0.15, 0.2) is 0 Å². The molecule has 6 heteroatoms. The highest BCUT2D eigenvalue weighted by molar-refractivity contribution is 5.97. The third-order valence-corrected chi connectivity index (χ3v) is 3.23. The fraction of sp³-hybridized carbons (Fsp3) is 0.333. The molecule has 1 amide bonds. The van der Waals surface area contributed by atoms with Crippen molar-refractivity contribution in [1.29, 1.82) is 0 Å². The van der Waals surface area contributed by atoms with Gasteiger partial charge in [-0.2, -0.15) is 5.10 Å². The van der Waals surface area contributed by atoms with Crippen LogP contribution < -0.4 is 10.5 Å². The van der Waals surface area contributed by atoms with E-state index >= 15 is 0 Å². The van der Waals surface area contributed by atoms with E-state index in [-0.39, 0.29) is 5.91 Å². The highest BCUT2D eigenvalue weighted by Crippen LogP contribution is 2.13. The molecule has 0 aliphatic carbocycles. The lowest BCUT2D eigenvalue weighted by Gasteiger charge is -2.18. The Hall–Kier alpha value is -2.50. The van der Waals surface area contributed by atoms with E-state index < -0.39 is 0 Å². The van der Waals surface area contributed by atoms with Crippen LogP contribution in [0.25, 0.3) is 0 Å². The number of hydrogen-bond donors (Lipinski definition) is 1. The summed E-state index contributed by atoms with van der Waals surface area (Å²) in [6.45, 7) is 2.91. The number of ether oxygens (including phenoxy) is 1. The maximum absolute atomic E-state index is 12.3. The molecule has 0 bridgehead atoms. The van der Waals surface area contributed by atoms with Crippen molar-refractivity contribution in [1.82, 2.24) is 14.7 Å². The van der Waals surface area contributed by atoms with Crippen molar-refractivity contribution >= 4 is 11.6 Å². The molecule has 2 rings (SSSR count). The molecule has 1 aromatic carbocycles. The first-order valence-electron chi connectivity index (χ1n) is 6.71. The maximum Gasteiger partial charge on any atom is 0.274 e. The molecule has 2 N–H and O–H groups in total. The first kappa shape index (κ1) is 14.9. The van der Waals surface area contributed by atoms with Crippen molar-refractivity contribution in [2.24, 2.45) is 7.05 Å². The van der Waals surface area contributed by atoms with Gasteiger partial charge in [-0.1, -0.05) is 17.7 Å². The molecular weight excluding hydrogens is 268 g/mol. The molecule has 0 fully saturated rings. The smallest absolute Gasteiger partial charge is 0.274 e. The van der Waals surface area contributed by atoms with Crippen LogP contribution in [0.15, 0.2) is 30.5 Å². The average Bonchev–Trinajstić information content (AvgIpc) is 2.79. The zero-order chi connectivity index (χ0) is 15.4. The number of carbonyl (C=O) groups excluding carboxylic acids is 1. The monoisotopic (exact) mass is 288 g/mol. The lowest BCUT2D eigenvalue weighted by atomic mass is 10.2. The van der Waals surface area contributed by atoms with E-state index in [1.54, 1.807) is 19.0 Å². The third-order valence-electron chi connectivity index (χ3n) is 3.23. The molecule has 0 atom stereocenters. The summed E-state index contributed by atoms with van der Waals surface area (Å²) < 4.78 is 7.09. The molecule has 1 aromatic heterocycles. The van der Waals surface area contributed by atoms with Gasteiger partial charge in [0.25, 0.3) is 5.91 Å². The summed E-state index contributed by atoms with van der Waals surface area (Å²) >= 11 is 0. The number of hydrogen-bond acceptors (Lipinski definition) is 4. The molecule has 0 saturated carbocycles. The molecule has 0 radical (unpaired) electrons. The topological polar surface area (TPSA) is 73.4 Å². The second-order valence-corrected chi connectivity index (χ2v) is 4.96. The number of amides is 1. The number of aromatic nitrogens is 2. The minimum Gasteiger partial charge on any atom is -0.492 e. The number of carbonyl (C=O) groups is 1. The average molecular weight is 288 g/mol. The van der Waals surface area contributed by atoms with Crippen LogP contribution in [0.1, 0.15) is 16.1 Å². The predicted molar refractivity (Wildman–Crippen MR) is 81.3 cm³/mol. The molecule has 0 aliphatic heterocycles. The highest BCUT2D eigenvalue weighted by atomic mass is 16.5. The first-order chi connectivity index (χ1) is 9.99. The summed E-state index contributed by atoms with van der Waals surface area (Å²) in [5.74, 6) is 0.626. The van der Waals surface area contributed by atoms with E-state index in [4.69, 9.17) is 10.5 Å². The fourth-order valence-electron chi connectivity index (χ4n) is 1.93. The summed E-state index contributed by atoms with van der Waals surface area (Å²) in [5, 5.41) is 3.97.